The van der Waals surface area contributed by atoms with Gasteiger partial charge in [-0.2, -0.15) is 0 Å². The Morgan fingerprint density at radius 3 is 2.69 bits per heavy atom. The minimum atomic E-state index is -0.753. The van der Waals surface area contributed by atoms with Crippen LogP contribution >= 0.6 is 11.6 Å². The molecule has 1 saturated carbocycles. The first kappa shape index (κ1) is 23.6. The molecule has 0 bridgehead atoms. The Labute approximate surface area is 210 Å². The van der Waals surface area contributed by atoms with Crippen molar-refractivity contribution < 1.29 is 9.90 Å². The van der Waals surface area contributed by atoms with E-state index in [1.807, 2.05) is 35.2 Å². The van der Waals surface area contributed by atoms with E-state index >= 15 is 0 Å². The van der Waals surface area contributed by atoms with E-state index in [-0.39, 0.29) is 5.91 Å². The topological polar surface area (TPSA) is 90.4 Å². The van der Waals surface area contributed by atoms with Crippen molar-refractivity contribution >= 4 is 34.8 Å². The third-order valence-corrected chi connectivity index (χ3v) is 7.08. The second-order valence-corrected chi connectivity index (χ2v) is 9.64. The molecule has 0 spiro atoms. The van der Waals surface area contributed by atoms with Crippen molar-refractivity contribution in [1.29, 1.82) is 0 Å². The van der Waals surface area contributed by atoms with Crippen molar-refractivity contribution in [2.45, 2.75) is 57.7 Å². The Morgan fingerprint density at radius 2 is 1.94 bits per heavy atom. The molecule has 3 aromatic rings. The van der Waals surface area contributed by atoms with E-state index in [0.717, 1.165) is 47.6 Å². The summed E-state index contributed by atoms with van der Waals surface area (Å²) in [5.74, 6) is 0.533. The molecule has 8 heteroatoms. The summed E-state index contributed by atoms with van der Waals surface area (Å²) in [6, 6.07) is 13.3. The van der Waals surface area contributed by atoms with Gasteiger partial charge >= 0.3 is 0 Å². The zero-order valence-corrected chi connectivity index (χ0v) is 20.6. The summed E-state index contributed by atoms with van der Waals surface area (Å²) in [5, 5.41) is 17.2. The fourth-order valence-electron chi connectivity index (χ4n) is 5.08. The standard InChI is InChI=1S/C27H30ClN5O2/c1-2-33(21-6-4-3-5-7-21)26(35)17-8-11-20(12-9-17)30-27-29-16-18-14-24(34)31-23-15-19(28)10-13-22(23)25(18)32-27/h8-13,15-16,21,24,31,34H,2-7,14H2,1H3,(H,29,30,32). The molecule has 0 radical (unpaired) electrons. The molecule has 2 heterocycles. The quantitative estimate of drug-likeness (QED) is 0.429. The number of amides is 1. The van der Waals surface area contributed by atoms with Gasteiger partial charge in [-0.3, -0.25) is 4.79 Å². The Bertz CT molecular complexity index is 1210. The van der Waals surface area contributed by atoms with Crippen molar-refractivity contribution in [3.63, 3.8) is 0 Å². The summed E-state index contributed by atoms with van der Waals surface area (Å²) in [6.07, 6.45) is 7.22. The van der Waals surface area contributed by atoms with E-state index in [2.05, 4.69) is 22.5 Å². The summed E-state index contributed by atoms with van der Waals surface area (Å²) in [6.45, 7) is 2.78. The number of aromatic nitrogens is 2. The van der Waals surface area contributed by atoms with Crippen LogP contribution in [-0.2, 0) is 6.42 Å². The first-order valence-electron chi connectivity index (χ1n) is 12.3. The van der Waals surface area contributed by atoms with Crippen LogP contribution in [0.3, 0.4) is 0 Å². The minimum absolute atomic E-state index is 0.0913. The summed E-state index contributed by atoms with van der Waals surface area (Å²) in [4.78, 5) is 24.4. The van der Waals surface area contributed by atoms with Gasteiger partial charge in [-0.1, -0.05) is 30.9 Å². The molecule has 1 atom stereocenters. The van der Waals surface area contributed by atoms with Crippen molar-refractivity contribution in [2.24, 2.45) is 0 Å². The molecule has 7 nitrogen and oxygen atoms in total. The van der Waals surface area contributed by atoms with Gasteiger partial charge in [0.05, 0.1) is 5.69 Å². The second kappa shape index (κ2) is 10.2. The molecule has 1 aliphatic heterocycles. The number of aliphatic hydroxyl groups excluding tert-OH is 1. The number of hydrogen-bond acceptors (Lipinski definition) is 6. The fourth-order valence-corrected chi connectivity index (χ4v) is 5.25. The molecule has 182 valence electrons. The first-order valence-corrected chi connectivity index (χ1v) is 12.7. The van der Waals surface area contributed by atoms with Gasteiger partial charge in [-0.25, -0.2) is 9.97 Å². The van der Waals surface area contributed by atoms with E-state index in [1.54, 1.807) is 18.3 Å². The van der Waals surface area contributed by atoms with Crippen molar-refractivity contribution in [1.82, 2.24) is 14.9 Å². The molecular weight excluding hydrogens is 462 g/mol. The van der Waals surface area contributed by atoms with E-state index < -0.39 is 6.23 Å². The van der Waals surface area contributed by atoms with Crippen molar-refractivity contribution in [3.8, 4) is 11.3 Å². The van der Waals surface area contributed by atoms with Gasteiger partial charge in [0.25, 0.3) is 5.91 Å². The average molecular weight is 492 g/mol. The van der Waals surface area contributed by atoms with Gasteiger partial charge in [0.2, 0.25) is 5.95 Å². The molecule has 1 fully saturated rings. The van der Waals surface area contributed by atoms with Gasteiger partial charge in [0.1, 0.15) is 6.23 Å². The lowest BCUT2D eigenvalue weighted by molar-refractivity contribution is 0.0648. The predicted molar refractivity (Wildman–Crippen MR) is 139 cm³/mol. The Balaban J connectivity index is 1.35. The lowest BCUT2D eigenvalue weighted by Gasteiger charge is -2.33. The van der Waals surface area contributed by atoms with Crippen molar-refractivity contribution in [3.05, 3.63) is 64.8 Å². The number of nitrogens with zero attached hydrogens (tertiary/aromatic N) is 3. The van der Waals surface area contributed by atoms with Gasteiger partial charge in [0.15, 0.2) is 0 Å². The molecule has 5 rings (SSSR count). The Kier molecular flexibility index (Phi) is 6.88. The molecule has 1 aliphatic carbocycles. The highest BCUT2D eigenvalue weighted by Crippen LogP contribution is 2.35. The largest absolute Gasteiger partial charge is 0.373 e. The average Bonchev–Trinajstić information content (AvgIpc) is 3.00. The molecular formula is C27H30ClN5O2. The molecule has 2 aromatic carbocycles. The molecule has 2 aliphatic rings. The molecule has 0 saturated heterocycles. The number of carbonyl (C=O) groups excluding carboxylic acids is 1. The van der Waals surface area contributed by atoms with Gasteiger partial charge in [0, 0.05) is 58.3 Å². The number of halogens is 1. The number of nitrogens with one attached hydrogen (secondary N) is 2. The van der Waals surface area contributed by atoms with E-state index in [9.17, 15) is 9.90 Å². The lowest BCUT2D eigenvalue weighted by Crippen LogP contribution is -2.41. The zero-order chi connectivity index (χ0) is 24.4. The number of benzene rings is 2. The maximum atomic E-state index is 13.2. The van der Waals surface area contributed by atoms with Crippen LogP contribution in [0.15, 0.2) is 48.7 Å². The Morgan fingerprint density at radius 1 is 1.17 bits per heavy atom. The smallest absolute Gasteiger partial charge is 0.254 e. The first-order chi connectivity index (χ1) is 17.0. The van der Waals surface area contributed by atoms with E-state index in [4.69, 9.17) is 16.6 Å². The molecule has 1 unspecified atom stereocenters. The highest BCUT2D eigenvalue weighted by molar-refractivity contribution is 6.31. The zero-order valence-electron chi connectivity index (χ0n) is 19.8. The van der Waals surface area contributed by atoms with Crippen LogP contribution in [0.5, 0.6) is 0 Å². The summed E-state index contributed by atoms with van der Waals surface area (Å²) in [5.41, 5.74) is 4.67. The highest BCUT2D eigenvalue weighted by Gasteiger charge is 2.25. The third-order valence-electron chi connectivity index (χ3n) is 6.84. The van der Waals surface area contributed by atoms with E-state index in [0.29, 0.717) is 29.0 Å². The SMILES string of the molecule is CCN(C(=O)c1ccc(Nc2ncc3c(n2)-c2ccc(Cl)cc2NC(O)C3)cc1)C1CCCCC1. The Hall–Kier alpha value is -3.16. The second-order valence-electron chi connectivity index (χ2n) is 9.21. The van der Waals surface area contributed by atoms with Gasteiger partial charge in [-0.15, -0.1) is 0 Å². The number of aliphatic hydroxyl groups is 1. The van der Waals surface area contributed by atoms with Crippen LogP contribution < -0.4 is 10.6 Å². The van der Waals surface area contributed by atoms with E-state index in [1.165, 1.54) is 19.3 Å². The maximum Gasteiger partial charge on any atom is 0.254 e. The summed E-state index contributed by atoms with van der Waals surface area (Å²) in [7, 11) is 0. The summed E-state index contributed by atoms with van der Waals surface area (Å²) >= 11 is 6.16. The number of anilines is 3. The predicted octanol–water partition coefficient (Wildman–Crippen LogP) is 5.62. The monoisotopic (exact) mass is 491 g/mol. The number of carbonyl (C=O) groups is 1. The lowest BCUT2D eigenvalue weighted by atomic mass is 9.93. The third kappa shape index (κ3) is 5.11. The van der Waals surface area contributed by atoms with Gasteiger partial charge in [-0.05, 0) is 62.2 Å². The molecule has 1 amide bonds. The van der Waals surface area contributed by atoms with Crippen LogP contribution in [0.4, 0.5) is 17.3 Å². The number of fused-ring (bicyclic) bond motifs is 3. The van der Waals surface area contributed by atoms with Crippen LogP contribution in [0.2, 0.25) is 5.02 Å². The highest BCUT2D eigenvalue weighted by atomic mass is 35.5. The molecule has 3 N–H and O–H groups in total. The maximum absolute atomic E-state index is 13.2. The molecule has 1 aromatic heterocycles. The number of hydrogen-bond donors (Lipinski definition) is 3. The van der Waals surface area contributed by atoms with Crippen LogP contribution in [0.25, 0.3) is 11.3 Å². The minimum Gasteiger partial charge on any atom is -0.373 e. The van der Waals surface area contributed by atoms with Crippen LogP contribution in [-0.4, -0.2) is 44.7 Å². The fraction of sp³-hybridized carbons (Fsp3) is 0.370. The normalized spacial score (nSPS) is 17.5. The van der Waals surface area contributed by atoms with Gasteiger partial charge < -0.3 is 20.6 Å². The van der Waals surface area contributed by atoms with Crippen LogP contribution in [0.1, 0.15) is 54.9 Å². The number of rotatable bonds is 5. The molecule has 35 heavy (non-hydrogen) atoms. The van der Waals surface area contributed by atoms with Crippen molar-refractivity contribution in [2.75, 3.05) is 17.2 Å². The van der Waals surface area contributed by atoms with Crippen LogP contribution in [0, 0.1) is 0 Å². The summed E-state index contributed by atoms with van der Waals surface area (Å²) < 4.78 is 0.